The van der Waals surface area contributed by atoms with E-state index in [-0.39, 0.29) is 29.7 Å². The Bertz CT molecular complexity index is 378. The second kappa shape index (κ2) is 5.71. The van der Waals surface area contributed by atoms with E-state index in [1.54, 1.807) is 0 Å². The number of fused-ring (bicyclic) bond motifs is 2. The predicted molar refractivity (Wildman–Crippen MR) is 87.4 cm³/mol. The van der Waals surface area contributed by atoms with Gasteiger partial charge in [0.1, 0.15) is 0 Å². The smallest absolute Gasteiger partial charge is 0.406 e. The lowest BCUT2D eigenvalue weighted by atomic mass is 9.51. The summed E-state index contributed by atoms with van der Waals surface area (Å²) in [6.45, 7) is 12.5. The van der Waals surface area contributed by atoms with Gasteiger partial charge in [0.15, 0.2) is 0 Å². The molecule has 3 aliphatic rings. The predicted octanol–water partition coefficient (Wildman–Crippen LogP) is 4.23. The molecule has 2 bridgehead atoms. The van der Waals surface area contributed by atoms with Crippen LogP contribution in [0.1, 0.15) is 60.8 Å². The third-order valence-corrected chi connectivity index (χ3v) is 4.39. The van der Waals surface area contributed by atoms with Gasteiger partial charge in [-0.25, -0.2) is 0 Å². The first-order chi connectivity index (χ1) is 9.55. The van der Waals surface area contributed by atoms with E-state index in [0.29, 0.717) is 5.92 Å². The summed E-state index contributed by atoms with van der Waals surface area (Å²) in [6.07, 6.45) is 7.92. The van der Waals surface area contributed by atoms with Gasteiger partial charge in [-0.15, -0.1) is 0 Å². The summed E-state index contributed by atoms with van der Waals surface area (Å²) in [5, 5.41) is 0. The molecule has 21 heavy (non-hydrogen) atoms. The Morgan fingerprint density at radius 3 is 2.00 bits per heavy atom. The quantitative estimate of drug-likeness (QED) is 0.573. The van der Waals surface area contributed by atoms with Gasteiger partial charge in [-0.2, -0.15) is 0 Å². The first-order valence-electron chi connectivity index (χ1n) is 8.15. The second-order valence-corrected chi connectivity index (χ2v) is 8.49. The van der Waals surface area contributed by atoms with Crippen molar-refractivity contribution in [1.82, 2.24) is 0 Å². The maximum Gasteiger partial charge on any atom is 0.464 e. The van der Waals surface area contributed by atoms with E-state index in [9.17, 15) is 0 Å². The number of ether oxygens (including phenoxy) is 1. The molecule has 0 aromatic rings. The molecule has 3 unspecified atom stereocenters. The maximum atomic E-state index is 6.30. The zero-order valence-electron chi connectivity index (χ0n) is 14.7. The van der Waals surface area contributed by atoms with E-state index in [2.05, 4.69) is 53.7 Å². The lowest BCUT2D eigenvalue weighted by Gasteiger charge is -2.49. The van der Waals surface area contributed by atoms with E-state index in [0.717, 1.165) is 12.8 Å². The Morgan fingerprint density at radius 1 is 1.05 bits per heavy atom. The Kier molecular flexibility index (Phi) is 4.64. The highest BCUT2D eigenvalue weighted by atomic mass is 16.6. The molecule has 120 valence electrons. The van der Waals surface area contributed by atoms with Crippen molar-refractivity contribution in [1.29, 1.82) is 0 Å². The Morgan fingerprint density at radius 2 is 1.62 bits per heavy atom. The Balaban J connectivity index is 2.25. The van der Waals surface area contributed by atoms with Crippen molar-refractivity contribution in [3.05, 3.63) is 12.2 Å². The van der Waals surface area contributed by atoms with Crippen LogP contribution in [0.5, 0.6) is 0 Å². The molecule has 0 N–H and O–H groups in total. The van der Waals surface area contributed by atoms with Crippen LogP contribution in [0.3, 0.4) is 0 Å². The SMILES string of the molecule is COC12C=CC(CC1)CC2B(OC(C)(C)C)OC(C)(C)C. The van der Waals surface area contributed by atoms with Crippen LogP contribution in [0.15, 0.2) is 12.2 Å². The average molecular weight is 294 g/mol. The molecule has 1 saturated carbocycles. The molecule has 0 aliphatic heterocycles. The van der Waals surface area contributed by atoms with Crippen LogP contribution < -0.4 is 0 Å². The molecule has 0 aromatic carbocycles. The molecule has 0 saturated heterocycles. The third kappa shape index (κ3) is 4.11. The minimum absolute atomic E-state index is 0.226. The highest BCUT2D eigenvalue weighted by Crippen LogP contribution is 2.51. The fourth-order valence-electron chi connectivity index (χ4n) is 3.47. The van der Waals surface area contributed by atoms with E-state index >= 15 is 0 Å². The minimum atomic E-state index is -0.238. The maximum absolute atomic E-state index is 6.30. The van der Waals surface area contributed by atoms with Gasteiger partial charge < -0.3 is 14.0 Å². The van der Waals surface area contributed by atoms with Crippen LogP contribution >= 0.6 is 0 Å². The van der Waals surface area contributed by atoms with Crippen molar-refractivity contribution >= 4 is 7.12 Å². The highest BCUT2D eigenvalue weighted by molar-refractivity contribution is 6.47. The number of methoxy groups -OCH3 is 1. The lowest BCUT2D eigenvalue weighted by molar-refractivity contribution is -0.0431. The van der Waals surface area contributed by atoms with Crippen molar-refractivity contribution in [2.45, 2.75) is 83.4 Å². The highest BCUT2D eigenvalue weighted by Gasteiger charge is 2.53. The molecular formula is C17H31BO3. The monoisotopic (exact) mass is 294 g/mol. The zero-order valence-corrected chi connectivity index (χ0v) is 14.7. The fourth-order valence-corrected chi connectivity index (χ4v) is 3.47. The minimum Gasteiger partial charge on any atom is -0.406 e. The van der Waals surface area contributed by atoms with Gasteiger partial charge in [-0.1, -0.05) is 12.2 Å². The number of hydrogen-bond acceptors (Lipinski definition) is 3. The molecule has 0 radical (unpaired) electrons. The Hall–Kier alpha value is -0.315. The van der Waals surface area contributed by atoms with Gasteiger partial charge in [-0.05, 0) is 66.7 Å². The van der Waals surface area contributed by atoms with Gasteiger partial charge in [0, 0.05) is 24.1 Å². The summed E-state index contributed by atoms with van der Waals surface area (Å²) >= 11 is 0. The van der Waals surface area contributed by atoms with Crippen molar-refractivity contribution in [3.8, 4) is 0 Å². The Labute approximate surface area is 130 Å². The summed E-state index contributed by atoms with van der Waals surface area (Å²) in [5.74, 6) is 0.895. The summed E-state index contributed by atoms with van der Waals surface area (Å²) in [4.78, 5) is 0. The van der Waals surface area contributed by atoms with E-state index < -0.39 is 0 Å². The van der Waals surface area contributed by atoms with Crippen molar-refractivity contribution in [3.63, 3.8) is 0 Å². The molecule has 4 heteroatoms. The molecule has 0 heterocycles. The van der Waals surface area contributed by atoms with Crippen LogP contribution in [-0.4, -0.2) is 31.0 Å². The average Bonchev–Trinajstić information content (AvgIpc) is 2.36. The summed E-state index contributed by atoms with van der Waals surface area (Å²) < 4.78 is 18.5. The van der Waals surface area contributed by atoms with Gasteiger partial charge in [0.25, 0.3) is 0 Å². The van der Waals surface area contributed by atoms with Crippen molar-refractivity contribution < 1.29 is 14.0 Å². The zero-order chi connectivity index (χ0) is 15.9. The molecule has 0 spiro atoms. The first-order valence-corrected chi connectivity index (χ1v) is 8.15. The molecule has 0 aromatic heterocycles. The second-order valence-electron chi connectivity index (χ2n) is 8.49. The molecule has 3 rings (SSSR count). The summed E-state index contributed by atoms with van der Waals surface area (Å²) in [7, 11) is 1.58. The van der Waals surface area contributed by atoms with E-state index in [4.69, 9.17) is 14.0 Å². The first kappa shape index (κ1) is 17.0. The van der Waals surface area contributed by atoms with E-state index in [1.165, 1.54) is 6.42 Å². The number of allylic oxidation sites excluding steroid dienone is 1. The van der Waals surface area contributed by atoms with Gasteiger partial charge in [0.05, 0.1) is 5.60 Å². The van der Waals surface area contributed by atoms with Crippen LogP contribution in [0.4, 0.5) is 0 Å². The van der Waals surface area contributed by atoms with Gasteiger partial charge >= 0.3 is 7.12 Å². The van der Waals surface area contributed by atoms with Crippen LogP contribution in [0, 0.1) is 5.92 Å². The molecular weight excluding hydrogens is 263 g/mol. The molecule has 0 amide bonds. The molecule has 3 atom stereocenters. The van der Waals surface area contributed by atoms with E-state index in [1.807, 2.05) is 7.11 Å². The van der Waals surface area contributed by atoms with Gasteiger partial charge in [-0.3, -0.25) is 0 Å². The van der Waals surface area contributed by atoms with Gasteiger partial charge in [0.2, 0.25) is 0 Å². The summed E-state index contributed by atoms with van der Waals surface area (Å²) in [5.41, 5.74) is -0.688. The normalized spacial score (nSPS) is 32.5. The number of rotatable bonds is 4. The topological polar surface area (TPSA) is 27.7 Å². The van der Waals surface area contributed by atoms with Crippen LogP contribution in [0.25, 0.3) is 0 Å². The van der Waals surface area contributed by atoms with Crippen molar-refractivity contribution in [2.24, 2.45) is 5.92 Å². The van der Waals surface area contributed by atoms with Crippen LogP contribution in [0.2, 0.25) is 5.82 Å². The largest absolute Gasteiger partial charge is 0.464 e. The molecule has 1 fully saturated rings. The molecule has 3 aliphatic carbocycles. The van der Waals surface area contributed by atoms with Crippen molar-refractivity contribution in [2.75, 3.05) is 7.11 Å². The lowest BCUT2D eigenvalue weighted by Crippen LogP contribution is -2.54. The standard InChI is InChI=1S/C17H31BO3/c1-15(2,3)20-18(21-16(4,5)6)14-12-13-8-10-17(14,19-7)11-9-13/h8,10,13-14H,9,11-12H2,1-7H3. The third-order valence-electron chi connectivity index (χ3n) is 4.39. The summed E-state index contributed by atoms with van der Waals surface area (Å²) in [6, 6.07) is 0. The number of hydrogen-bond donors (Lipinski definition) is 0. The molecule has 3 nitrogen and oxygen atoms in total. The van der Waals surface area contributed by atoms with Crippen LogP contribution in [-0.2, 0) is 14.0 Å². The fraction of sp³-hybridized carbons (Fsp3) is 0.882.